The summed E-state index contributed by atoms with van der Waals surface area (Å²) in [6.45, 7) is 4.72. The first kappa shape index (κ1) is 20.2. The molecule has 0 radical (unpaired) electrons. The minimum absolute atomic E-state index is 0.0261. The van der Waals surface area contributed by atoms with Gasteiger partial charge < -0.3 is 0 Å². The van der Waals surface area contributed by atoms with Crippen LogP contribution in [0.1, 0.15) is 71.6 Å². The second-order valence-corrected chi connectivity index (χ2v) is 13.5. The van der Waals surface area contributed by atoms with Gasteiger partial charge in [-0.15, -0.1) is 0 Å². The van der Waals surface area contributed by atoms with Gasteiger partial charge in [0.25, 0.3) is 0 Å². The van der Waals surface area contributed by atoms with E-state index >= 15 is 0 Å². The van der Waals surface area contributed by atoms with Crippen LogP contribution >= 0.6 is 10.8 Å². The number of Topliss-reactive ketones (excluding diaryl/α,β-unsaturated/α-hetero) is 1. The van der Waals surface area contributed by atoms with E-state index in [1.165, 1.54) is 38.5 Å². The fraction of sp³-hybridized carbons (Fsp3) is 0.952. The molecule has 0 heterocycles. The summed E-state index contributed by atoms with van der Waals surface area (Å²) in [6, 6.07) is 0. The molecule has 0 spiro atoms. The first-order chi connectivity index (χ1) is 12.7. The van der Waals surface area contributed by atoms with Crippen LogP contribution in [0.5, 0.6) is 0 Å². The summed E-state index contributed by atoms with van der Waals surface area (Å²) in [6.07, 6.45) is 11.3. The van der Waals surface area contributed by atoms with Gasteiger partial charge in [-0.2, -0.15) is 8.42 Å². The van der Waals surface area contributed by atoms with Crippen LogP contribution in [0.4, 0.5) is 0 Å². The van der Waals surface area contributed by atoms with Gasteiger partial charge in [-0.05, 0) is 92.3 Å². The van der Waals surface area contributed by atoms with Crippen LogP contribution in [0.15, 0.2) is 0 Å². The molecule has 4 rings (SSSR count). The van der Waals surface area contributed by atoms with Gasteiger partial charge in [-0.1, -0.05) is 20.3 Å². The van der Waals surface area contributed by atoms with Crippen molar-refractivity contribution in [2.24, 2.45) is 46.8 Å². The molecule has 0 aromatic heterocycles. The first-order valence-electron chi connectivity index (χ1n) is 10.8. The van der Waals surface area contributed by atoms with Crippen molar-refractivity contribution in [2.45, 2.75) is 71.6 Å². The van der Waals surface area contributed by atoms with Crippen LogP contribution in [0.2, 0.25) is 0 Å². The Morgan fingerprint density at radius 2 is 1.78 bits per heavy atom. The fourth-order valence-electron chi connectivity index (χ4n) is 7.85. The predicted molar refractivity (Wildman–Crippen MR) is 109 cm³/mol. The van der Waals surface area contributed by atoms with Crippen molar-refractivity contribution in [3.05, 3.63) is 0 Å². The lowest BCUT2D eigenvalue weighted by Gasteiger charge is -2.56. The third kappa shape index (κ3) is 3.75. The van der Waals surface area contributed by atoms with Crippen molar-refractivity contribution in [1.82, 2.24) is 0 Å². The molecule has 4 aliphatic carbocycles. The molecule has 4 fully saturated rings. The van der Waals surface area contributed by atoms with Crippen LogP contribution in [0.25, 0.3) is 0 Å². The van der Waals surface area contributed by atoms with Crippen molar-refractivity contribution in [1.29, 1.82) is 0 Å². The number of fused-ring (bicyclic) bond motifs is 5. The van der Waals surface area contributed by atoms with E-state index in [9.17, 15) is 13.2 Å². The highest BCUT2D eigenvalue weighted by Crippen LogP contribution is 2.64. The van der Waals surface area contributed by atoms with Crippen molar-refractivity contribution in [3.8, 4) is 0 Å². The van der Waals surface area contributed by atoms with Crippen LogP contribution in [-0.4, -0.2) is 24.5 Å². The highest BCUT2D eigenvalue weighted by molar-refractivity contribution is 8.70. The topological polar surface area (TPSA) is 71.4 Å². The Kier molecular flexibility index (Phi) is 5.48. The summed E-state index contributed by atoms with van der Waals surface area (Å²) in [7, 11) is -3.76. The fourth-order valence-corrected chi connectivity index (χ4v) is 9.11. The Morgan fingerprint density at radius 1 is 1.04 bits per heavy atom. The van der Waals surface area contributed by atoms with Gasteiger partial charge in [0.2, 0.25) is 0 Å². The van der Waals surface area contributed by atoms with Gasteiger partial charge >= 0.3 is 9.15 Å². The molecule has 6 heteroatoms. The molecule has 0 aromatic rings. The Morgan fingerprint density at radius 3 is 2.52 bits per heavy atom. The molecule has 4 nitrogen and oxygen atoms in total. The smallest absolute Gasteiger partial charge is 0.298 e. The molecule has 4 saturated carbocycles. The lowest BCUT2D eigenvalue weighted by molar-refractivity contribution is -0.127. The Bertz CT molecular complexity index is 690. The molecule has 0 aliphatic heterocycles. The normalized spacial score (nSPS) is 47.0. The third-order valence-electron chi connectivity index (χ3n) is 8.96. The van der Waals surface area contributed by atoms with Crippen molar-refractivity contribution in [3.63, 3.8) is 0 Å². The first-order valence-corrected chi connectivity index (χ1v) is 13.8. The minimum atomic E-state index is -4.14. The highest BCUT2D eigenvalue weighted by atomic mass is 33.1. The van der Waals surface area contributed by atoms with E-state index in [1.807, 2.05) is 0 Å². The number of rotatable bonds is 4. The summed E-state index contributed by atoms with van der Waals surface area (Å²) in [5, 5.41) is 0. The third-order valence-corrected chi connectivity index (χ3v) is 10.9. The molecule has 4 aliphatic rings. The molecule has 1 N–H and O–H groups in total. The lowest BCUT2D eigenvalue weighted by Crippen LogP contribution is -2.49. The van der Waals surface area contributed by atoms with Crippen LogP contribution in [0, 0.1) is 46.8 Å². The summed E-state index contributed by atoms with van der Waals surface area (Å²) >= 11 is 0. The Balaban J connectivity index is 1.47. The van der Waals surface area contributed by atoms with Crippen molar-refractivity contribution >= 4 is 25.7 Å². The van der Waals surface area contributed by atoms with Gasteiger partial charge in [0.05, 0.1) is 5.75 Å². The highest BCUT2D eigenvalue weighted by Gasteiger charge is 2.58. The number of hydrogen-bond acceptors (Lipinski definition) is 4. The zero-order chi connectivity index (χ0) is 19.4. The van der Waals surface area contributed by atoms with Crippen molar-refractivity contribution in [2.75, 3.05) is 5.75 Å². The molecule has 8 atom stereocenters. The molecule has 0 aromatic carbocycles. The molecule has 0 bridgehead atoms. The van der Waals surface area contributed by atoms with E-state index in [0.29, 0.717) is 16.7 Å². The predicted octanol–water partition coefficient (Wildman–Crippen LogP) is 5.00. The van der Waals surface area contributed by atoms with E-state index in [0.717, 1.165) is 48.9 Å². The second-order valence-electron chi connectivity index (χ2n) is 10.2. The maximum atomic E-state index is 12.8. The van der Waals surface area contributed by atoms with Gasteiger partial charge in [-0.3, -0.25) is 9.35 Å². The van der Waals surface area contributed by atoms with E-state index in [2.05, 4.69) is 13.8 Å². The Hall–Kier alpha value is -0.0700. The number of carbonyl (C=O) groups excluding carboxylic acids is 1. The van der Waals surface area contributed by atoms with Crippen molar-refractivity contribution < 1.29 is 17.8 Å². The number of carbonyl (C=O) groups is 1. The van der Waals surface area contributed by atoms with E-state index in [4.69, 9.17) is 4.55 Å². The SMILES string of the molecule is CC1CCC2C(CCC3C2CC[C@@]2(C)C3CC[C@@H]2C(=O)CSS(=O)(=O)O)C1. The summed E-state index contributed by atoms with van der Waals surface area (Å²) < 4.78 is 31.0. The molecule has 0 saturated heterocycles. The van der Waals surface area contributed by atoms with Crippen LogP contribution in [-0.2, 0) is 13.9 Å². The van der Waals surface area contributed by atoms with Crippen LogP contribution < -0.4 is 0 Å². The molecule has 154 valence electrons. The van der Waals surface area contributed by atoms with Gasteiger partial charge in [0, 0.05) is 16.7 Å². The largest absolute Gasteiger partial charge is 0.320 e. The van der Waals surface area contributed by atoms with E-state index in [-0.39, 0.29) is 22.9 Å². The average molecular weight is 415 g/mol. The summed E-state index contributed by atoms with van der Waals surface area (Å²) in [5.74, 6) is 4.89. The number of ketones is 1. The zero-order valence-corrected chi connectivity index (χ0v) is 18.2. The van der Waals surface area contributed by atoms with Crippen LogP contribution in [0.3, 0.4) is 0 Å². The van der Waals surface area contributed by atoms with E-state index in [1.54, 1.807) is 0 Å². The minimum Gasteiger partial charge on any atom is -0.298 e. The summed E-state index contributed by atoms with van der Waals surface area (Å²) in [4.78, 5) is 12.8. The Labute approximate surface area is 167 Å². The number of hydrogen-bond donors (Lipinski definition) is 1. The average Bonchev–Trinajstić information content (AvgIpc) is 2.96. The monoisotopic (exact) mass is 414 g/mol. The van der Waals surface area contributed by atoms with Gasteiger partial charge in [0.1, 0.15) is 5.78 Å². The molecular weight excluding hydrogens is 380 g/mol. The maximum Gasteiger partial charge on any atom is 0.320 e. The standard InChI is InChI=1S/C21H34O4S2/c1-13-3-5-15-14(11-13)4-6-17-16(15)9-10-21(2)18(17)7-8-19(21)20(22)12-26-27(23,24)25/h13-19H,3-12H2,1-2H3,(H,23,24,25)/t13?,14?,15?,16?,17?,18?,19-,21+/m1/s1. The molecular formula is C21H34O4S2. The molecule has 27 heavy (non-hydrogen) atoms. The zero-order valence-electron chi connectivity index (χ0n) is 16.6. The second kappa shape index (κ2) is 7.32. The molecule has 6 unspecified atom stereocenters. The maximum absolute atomic E-state index is 12.8. The van der Waals surface area contributed by atoms with Gasteiger partial charge in [-0.25, -0.2) is 0 Å². The van der Waals surface area contributed by atoms with Gasteiger partial charge in [0.15, 0.2) is 0 Å². The molecule has 0 amide bonds. The van der Waals surface area contributed by atoms with E-state index < -0.39 is 9.15 Å². The quantitative estimate of drug-likeness (QED) is 0.518. The summed E-state index contributed by atoms with van der Waals surface area (Å²) in [5.41, 5.74) is 0.0345. The lowest BCUT2D eigenvalue weighted by atomic mass is 9.49.